The van der Waals surface area contributed by atoms with Crippen molar-refractivity contribution in [3.63, 3.8) is 0 Å². The Kier molecular flexibility index (Phi) is 5.03. The highest BCUT2D eigenvalue weighted by molar-refractivity contribution is 7.90. The van der Waals surface area contributed by atoms with Gasteiger partial charge in [0.1, 0.15) is 16.4 Å². The lowest BCUT2D eigenvalue weighted by Crippen LogP contribution is -2.24. The monoisotopic (exact) mass is 527 g/mol. The predicted molar refractivity (Wildman–Crippen MR) is 134 cm³/mol. The minimum absolute atomic E-state index is 0.0892. The van der Waals surface area contributed by atoms with Crippen molar-refractivity contribution < 1.29 is 17.9 Å². The average molecular weight is 528 g/mol. The maximum absolute atomic E-state index is 13.9. The van der Waals surface area contributed by atoms with Crippen LogP contribution in [-0.2, 0) is 16.4 Å². The van der Waals surface area contributed by atoms with E-state index in [4.69, 9.17) is 21.0 Å². The molecule has 11 heteroatoms. The predicted octanol–water partition coefficient (Wildman–Crippen LogP) is 4.95. The van der Waals surface area contributed by atoms with E-state index >= 15 is 0 Å². The number of benzene rings is 2. The fourth-order valence-corrected chi connectivity index (χ4v) is 6.30. The molecule has 2 aromatic carbocycles. The van der Waals surface area contributed by atoms with Crippen LogP contribution >= 0.6 is 22.9 Å². The third-order valence-electron chi connectivity index (χ3n) is 6.19. The van der Waals surface area contributed by atoms with Crippen molar-refractivity contribution in [3.8, 4) is 17.1 Å². The number of rotatable bonds is 5. The number of sulfone groups is 1. The summed E-state index contributed by atoms with van der Waals surface area (Å²) in [6.07, 6.45) is 5.88. The molecule has 0 aliphatic heterocycles. The van der Waals surface area contributed by atoms with Gasteiger partial charge in [-0.3, -0.25) is 9.36 Å². The van der Waals surface area contributed by atoms with Gasteiger partial charge in [-0.15, -0.1) is 11.3 Å². The van der Waals surface area contributed by atoms with Gasteiger partial charge >= 0.3 is 0 Å². The molecule has 35 heavy (non-hydrogen) atoms. The first kappa shape index (κ1) is 22.3. The van der Waals surface area contributed by atoms with Crippen LogP contribution in [0.4, 0.5) is 0 Å². The number of phenols is 1. The van der Waals surface area contributed by atoms with Gasteiger partial charge in [0.05, 0.1) is 32.7 Å². The molecule has 0 atom stereocenters. The van der Waals surface area contributed by atoms with E-state index in [-0.39, 0.29) is 33.7 Å². The topological polar surface area (TPSA) is 115 Å². The van der Waals surface area contributed by atoms with E-state index < -0.39 is 9.84 Å². The summed E-state index contributed by atoms with van der Waals surface area (Å²) in [6, 6.07) is 8.20. The van der Waals surface area contributed by atoms with Crippen LogP contribution in [0.15, 0.2) is 57.0 Å². The fraction of sp³-hybridized carbons (Fsp3) is 0.208. The molecule has 1 aliphatic carbocycles. The number of phenolic OH excluding ortho intramolecular Hbond substituents is 1. The van der Waals surface area contributed by atoms with E-state index in [1.807, 2.05) is 0 Å². The second-order valence-electron chi connectivity index (χ2n) is 8.64. The first-order valence-electron chi connectivity index (χ1n) is 10.8. The van der Waals surface area contributed by atoms with E-state index in [0.717, 1.165) is 18.4 Å². The van der Waals surface area contributed by atoms with E-state index in [0.29, 0.717) is 37.5 Å². The van der Waals surface area contributed by atoms with E-state index in [1.165, 1.54) is 34.8 Å². The maximum Gasteiger partial charge on any atom is 0.263 e. The van der Waals surface area contributed by atoms with Crippen LogP contribution in [0, 0.1) is 0 Å². The average Bonchev–Trinajstić information content (AvgIpc) is 3.40. The highest BCUT2D eigenvalue weighted by Crippen LogP contribution is 2.46. The Labute approximate surface area is 208 Å². The lowest BCUT2D eigenvalue weighted by molar-refractivity contribution is 0.482. The van der Waals surface area contributed by atoms with Crippen LogP contribution in [0.5, 0.6) is 5.75 Å². The van der Waals surface area contributed by atoms with Crippen molar-refractivity contribution >= 4 is 53.1 Å². The number of fused-ring (bicyclic) bond motifs is 3. The Morgan fingerprint density at radius 1 is 1.26 bits per heavy atom. The van der Waals surface area contributed by atoms with Gasteiger partial charge in [0, 0.05) is 17.2 Å². The molecule has 8 nitrogen and oxygen atoms in total. The SMILES string of the molecule is CS(=O)(=O)c1ccc(-c2nc3sc4c(O)c(Cl)ccc4c3c(=O)n2Cc2cnco2)c(C2CC2)c1. The zero-order valence-corrected chi connectivity index (χ0v) is 20.7. The van der Waals surface area contributed by atoms with Crippen molar-refractivity contribution in [2.45, 2.75) is 30.2 Å². The van der Waals surface area contributed by atoms with Gasteiger partial charge in [-0.2, -0.15) is 0 Å². The van der Waals surface area contributed by atoms with E-state index in [9.17, 15) is 18.3 Å². The van der Waals surface area contributed by atoms with Gasteiger partial charge in [-0.25, -0.2) is 18.4 Å². The molecule has 0 bridgehead atoms. The smallest absolute Gasteiger partial charge is 0.263 e. The molecule has 1 aliphatic rings. The molecule has 0 amide bonds. The number of thiophene rings is 1. The lowest BCUT2D eigenvalue weighted by Gasteiger charge is -2.15. The minimum atomic E-state index is -3.40. The lowest BCUT2D eigenvalue weighted by atomic mass is 10.0. The van der Waals surface area contributed by atoms with Crippen molar-refractivity contribution in [2.75, 3.05) is 6.26 Å². The normalized spacial score (nSPS) is 14.2. The summed E-state index contributed by atoms with van der Waals surface area (Å²) in [6.45, 7) is 0.0892. The maximum atomic E-state index is 13.9. The highest BCUT2D eigenvalue weighted by atomic mass is 35.5. The van der Waals surface area contributed by atoms with Crippen molar-refractivity contribution in [3.05, 3.63) is 69.6 Å². The van der Waals surface area contributed by atoms with Gasteiger partial charge in [0.25, 0.3) is 5.56 Å². The molecule has 5 aromatic rings. The quantitative estimate of drug-likeness (QED) is 0.343. The van der Waals surface area contributed by atoms with Gasteiger partial charge in [0.2, 0.25) is 0 Å². The highest BCUT2D eigenvalue weighted by Gasteiger charge is 2.30. The molecule has 0 spiro atoms. The van der Waals surface area contributed by atoms with Crippen molar-refractivity contribution in [1.82, 2.24) is 14.5 Å². The molecule has 6 rings (SSSR count). The van der Waals surface area contributed by atoms with Crippen LogP contribution < -0.4 is 5.56 Å². The summed E-state index contributed by atoms with van der Waals surface area (Å²) >= 11 is 7.30. The van der Waals surface area contributed by atoms with Gasteiger partial charge < -0.3 is 9.52 Å². The number of aromatic nitrogens is 3. The molecule has 0 saturated heterocycles. The first-order valence-corrected chi connectivity index (χ1v) is 13.9. The Bertz CT molecular complexity index is 1800. The van der Waals surface area contributed by atoms with Crippen molar-refractivity contribution in [2.24, 2.45) is 0 Å². The molecular weight excluding hydrogens is 510 g/mol. The third-order valence-corrected chi connectivity index (χ3v) is 8.71. The molecule has 3 aromatic heterocycles. The fourth-order valence-electron chi connectivity index (χ4n) is 4.32. The van der Waals surface area contributed by atoms with Gasteiger partial charge in [-0.1, -0.05) is 17.7 Å². The summed E-state index contributed by atoms with van der Waals surface area (Å²) in [5, 5.41) is 11.6. The summed E-state index contributed by atoms with van der Waals surface area (Å²) in [7, 11) is -3.40. The molecule has 178 valence electrons. The van der Waals surface area contributed by atoms with Crippen LogP contribution in [0.25, 0.3) is 31.7 Å². The van der Waals surface area contributed by atoms with E-state index in [2.05, 4.69) is 4.98 Å². The Balaban J connectivity index is 1.68. The number of aromatic hydroxyl groups is 1. The summed E-state index contributed by atoms with van der Waals surface area (Å²) in [5.41, 5.74) is 1.24. The van der Waals surface area contributed by atoms with Crippen molar-refractivity contribution in [1.29, 1.82) is 0 Å². The summed E-state index contributed by atoms with van der Waals surface area (Å²) in [5.74, 6) is 0.980. The minimum Gasteiger partial charge on any atom is -0.505 e. The van der Waals surface area contributed by atoms with Crippen LogP contribution in [0.1, 0.15) is 30.1 Å². The number of hydrogen-bond acceptors (Lipinski definition) is 8. The largest absolute Gasteiger partial charge is 0.505 e. The molecule has 3 heterocycles. The van der Waals surface area contributed by atoms with E-state index in [1.54, 1.807) is 30.3 Å². The molecule has 0 unspecified atom stereocenters. The first-order chi connectivity index (χ1) is 16.7. The van der Waals surface area contributed by atoms with Gasteiger partial charge in [0.15, 0.2) is 22.0 Å². The van der Waals surface area contributed by atoms with Crippen LogP contribution in [0.3, 0.4) is 0 Å². The molecule has 0 radical (unpaired) electrons. The summed E-state index contributed by atoms with van der Waals surface area (Å²) < 4.78 is 31.9. The Hall–Kier alpha value is -3.21. The number of nitrogens with zero attached hydrogens (tertiary/aromatic N) is 3. The summed E-state index contributed by atoms with van der Waals surface area (Å²) in [4.78, 5) is 23.4. The molecular formula is C24H18ClN3O5S2. The Morgan fingerprint density at radius 2 is 2.06 bits per heavy atom. The zero-order valence-electron chi connectivity index (χ0n) is 18.4. The molecule has 1 saturated carbocycles. The number of halogens is 1. The Morgan fingerprint density at radius 3 is 2.74 bits per heavy atom. The second-order valence-corrected chi connectivity index (χ2v) is 12.1. The van der Waals surface area contributed by atoms with Crippen LogP contribution in [0.2, 0.25) is 5.02 Å². The van der Waals surface area contributed by atoms with Gasteiger partial charge in [-0.05, 0) is 48.6 Å². The van der Waals surface area contributed by atoms with Crippen LogP contribution in [-0.4, -0.2) is 34.3 Å². The zero-order chi connectivity index (χ0) is 24.5. The second kappa shape index (κ2) is 7.91. The molecule has 1 fully saturated rings. The third kappa shape index (κ3) is 3.72. The standard InChI is InChI=1S/C24H18ClN3O5S2/c1-35(31,32)14-4-5-15(17(8-14)12-2-3-12)22-27-23-19(16-6-7-18(25)20(29)21(16)34-23)24(30)28(22)10-13-9-26-11-33-13/h4-9,11-12,29H,2-3,10H2,1H3. The molecule has 1 N–H and O–H groups in total. The number of hydrogen-bond donors (Lipinski definition) is 1. The number of oxazole rings is 1.